The van der Waals surface area contributed by atoms with Gasteiger partial charge in [-0.3, -0.25) is 5.10 Å². The van der Waals surface area contributed by atoms with Crippen LogP contribution in [0.1, 0.15) is 22.6 Å². The summed E-state index contributed by atoms with van der Waals surface area (Å²) in [5.41, 5.74) is 9.48. The lowest BCUT2D eigenvalue weighted by Gasteiger charge is -2.24. The Bertz CT molecular complexity index is 1370. The number of nitrogens with one attached hydrogen (secondary N) is 1. The molecule has 0 bridgehead atoms. The first-order valence-corrected chi connectivity index (χ1v) is 10.3. The topological polar surface area (TPSA) is 97.0 Å². The number of fused-ring (bicyclic) bond motifs is 1. The van der Waals surface area contributed by atoms with E-state index in [-0.39, 0.29) is 17.3 Å². The average Bonchev–Trinajstić information content (AvgIpc) is 3.26. The number of hydrogen-bond acceptors (Lipinski definition) is 5. The van der Waals surface area contributed by atoms with E-state index >= 15 is 0 Å². The third kappa shape index (κ3) is 3.79. The van der Waals surface area contributed by atoms with Gasteiger partial charge in [0, 0.05) is 11.1 Å². The third-order valence-electron chi connectivity index (χ3n) is 5.55. The molecule has 0 amide bonds. The summed E-state index contributed by atoms with van der Waals surface area (Å²) in [7, 11) is 0. The average molecular weight is 438 g/mol. The van der Waals surface area contributed by atoms with Gasteiger partial charge in [0.1, 0.15) is 29.8 Å². The SMILES string of the molecule is N#CC1=C(N)Oc2n[nH]c(-c3ccc(OCc4ccccc4)cc3)c2C1c1ccccc1F. The molecular formula is C26H19FN4O2. The smallest absolute Gasteiger partial charge is 0.244 e. The van der Waals surface area contributed by atoms with Gasteiger partial charge in [0.15, 0.2) is 0 Å². The van der Waals surface area contributed by atoms with Crippen LogP contribution in [0, 0.1) is 17.1 Å². The molecular weight excluding hydrogens is 419 g/mol. The van der Waals surface area contributed by atoms with Gasteiger partial charge in [-0.05, 0) is 35.9 Å². The second-order valence-corrected chi connectivity index (χ2v) is 7.56. The fourth-order valence-electron chi connectivity index (χ4n) is 3.94. The summed E-state index contributed by atoms with van der Waals surface area (Å²) in [6.07, 6.45) is 0. The molecule has 0 saturated carbocycles. The van der Waals surface area contributed by atoms with E-state index in [1.165, 1.54) is 6.07 Å². The molecule has 1 aliphatic rings. The van der Waals surface area contributed by atoms with Crippen LogP contribution in [0.5, 0.6) is 11.6 Å². The number of ether oxygens (including phenoxy) is 2. The normalized spacial score (nSPS) is 14.8. The Labute approximate surface area is 189 Å². The van der Waals surface area contributed by atoms with Crippen LogP contribution < -0.4 is 15.2 Å². The number of halogens is 1. The molecule has 162 valence electrons. The van der Waals surface area contributed by atoms with Crippen LogP contribution in [0.25, 0.3) is 11.3 Å². The van der Waals surface area contributed by atoms with E-state index in [2.05, 4.69) is 16.3 Å². The van der Waals surface area contributed by atoms with Crippen molar-refractivity contribution >= 4 is 0 Å². The minimum atomic E-state index is -0.747. The van der Waals surface area contributed by atoms with E-state index in [9.17, 15) is 9.65 Å². The summed E-state index contributed by atoms with van der Waals surface area (Å²) < 4.78 is 26.2. The molecule has 0 radical (unpaired) electrons. The Hall–Kier alpha value is -4.57. The zero-order chi connectivity index (χ0) is 22.8. The van der Waals surface area contributed by atoms with Crippen molar-refractivity contribution in [2.24, 2.45) is 5.73 Å². The predicted octanol–water partition coefficient (Wildman–Crippen LogP) is 5.01. The van der Waals surface area contributed by atoms with E-state index in [4.69, 9.17) is 15.2 Å². The molecule has 0 aliphatic carbocycles. The first-order valence-electron chi connectivity index (χ1n) is 10.3. The fraction of sp³-hybridized carbons (Fsp3) is 0.0769. The maximum atomic E-state index is 14.8. The van der Waals surface area contributed by atoms with E-state index in [0.717, 1.165) is 11.1 Å². The van der Waals surface area contributed by atoms with Crippen molar-refractivity contribution in [2.45, 2.75) is 12.5 Å². The molecule has 3 N–H and O–H groups in total. The first-order chi connectivity index (χ1) is 16.2. The van der Waals surface area contributed by atoms with Crippen molar-refractivity contribution in [2.75, 3.05) is 0 Å². The summed E-state index contributed by atoms with van der Waals surface area (Å²) in [6, 6.07) is 25.7. The highest BCUT2D eigenvalue weighted by Crippen LogP contribution is 2.46. The second-order valence-electron chi connectivity index (χ2n) is 7.56. The molecule has 5 rings (SSSR count). The van der Waals surface area contributed by atoms with Crippen LogP contribution in [0.15, 0.2) is 90.3 Å². The molecule has 4 aromatic rings. The summed E-state index contributed by atoms with van der Waals surface area (Å²) >= 11 is 0. The maximum Gasteiger partial charge on any atom is 0.244 e. The molecule has 1 unspecified atom stereocenters. The molecule has 0 spiro atoms. The number of rotatable bonds is 5. The Morgan fingerprint density at radius 3 is 2.48 bits per heavy atom. The first kappa shape index (κ1) is 20.3. The van der Waals surface area contributed by atoms with Crippen molar-refractivity contribution in [3.8, 4) is 29.0 Å². The number of aromatic nitrogens is 2. The van der Waals surface area contributed by atoms with E-state index in [1.807, 2.05) is 54.6 Å². The third-order valence-corrected chi connectivity index (χ3v) is 5.55. The number of nitriles is 1. The lowest BCUT2D eigenvalue weighted by molar-refractivity contribution is 0.306. The molecule has 6 nitrogen and oxygen atoms in total. The van der Waals surface area contributed by atoms with Gasteiger partial charge < -0.3 is 15.2 Å². The molecule has 1 aliphatic heterocycles. The molecule has 1 atom stereocenters. The fourth-order valence-corrected chi connectivity index (χ4v) is 3.94. The Morgan fingerprint density at radius 1 is 1.03 bits per heavy atom. The number of aromatic amines is 1. The highest BCUT2D eigenvalue weighted by molar-refractivity contribution is 5.71. The number of nitrogens with two attached hydrogens (primary N) is 1. The standard InChI is InChI=1S/C26H19FN4O2/c27-21-9-5-4-8-19(21)22-20(14-28)25(29)33-26-23(22)24(30-31-26)17-10-12-18(13-11-17)32-15-16-6-2-1-3-7-16/h1-13,22H,15,29H2,(H,30,31). The number of allylic oxidation sites excluding steroid dienone is 1. The summed E-state index contributed by atoms with van der Waals surface area (Å²) in [4.78, 5) is 0. The summed E-state index contributed by atoms with van der Waals surface area (Å²) in [6.45, 7) is 0.457. The van der Waals surface area contributed by atoms with Crippen LogP contribution in [0.3, 0.4) is 0 Å². The Kier molecular flexibility index (Phi) is 5.25. The van der Waals surface area contributed by atoms with Crippen LogP contribution in [0.4, 0.5) is 4.39 Å². The van der Waals surface area contributed by atoms with Crippen LogP contribution in [-0.4, -0.2) is 10.2 Å². The monoisotopic (exact) mass is 438 g/mol. The maximum absolute atomic E-state index is 14.8. The highest BCUT2D eigenvalue weighted by atomic mass is 19.1. The number of benzene rings is 3. The minimum Gasteiger partial charge on any atom is -0.489 e. The Balaban J connectivity index is 1.50. The highest BCUT2D eigenvalue weighted by Gasteiger charge is 2.36. The van der Waals surface area contributed by atoms with Gasteiger partial charge in [-0.2, -0.15) is 5.26 Å². The van der Waals surface area contributed by atoms with E-state index in [0.29, 0.717) is 29.2 Å². The number of nitrogens with zero attached hydrogens (tertiary/aromatic N) is 2. The zero-order valence-electron chi connectivity index (χ0n) is 17.5. The van der Waals surface area contributed by atoms with Crippen molar-refractivity contribution in [1.82, 2.24) is 10.2 Å². The van der Waals surface area contributed by atoms with Crippen molar-refractivity contribution in [3.63, 3.8) is 0 Å². The van der Waals surface area contributed by atoms with Gasteiger partial charge in [0.2, 0.25) is 11.8 Å². The van der Waals surface area contributed by atoms with Crippen LogP contribution in [-0.2, 0) is 6.61 Å². The molecule has 1 aromatic heterocycles. The number of H-pyrrole nitrogens is 1. The quantitative estimate of drug-likeness (QED) is 0.456. The summed E-state index contributed by atoms with van der Waals surface area (Å²) in [5.74, 6) is -0.338. The van der Waals surface area contributed by atoms with Gasteiger partial charge in [0.05, 0.1) is 17.2 Å². The van der Waals surface area contributed by atoms with Gasteiger partial charge in [-0.25, -0.2) is 4.39 Å². The van der Waals surface area contributed by atoms with Crippen molar-refractivity contribution in [3.05, 3.63) is 113 Å². The largest absolute Gasteiger partial charge is 0.489 e. The van der Waals surface area contributed by atoms with E-state index < -0.39 is 11.7 Å². The lowest BCUT2D eigenvalue weighted by Crippen LogP contribution is -2.21. The molecule has 0 saturated heterocycles. The lowest BCUT2D eigenvalue weighted by atomic mass is 9.83. The van der Waals surface area contributed by atoms with Gasteiger partial charge in [0.25, 0.3) is 0 Å². The molecule has 33 heavy (non-hydrogen) atoms. The number of hydrogen-bond donors (Lipinski definition) is 2. The van der Waals surface area contributed by atoms with Crippen molar-refractivity contribution < 1.29 is 13.9 Å². The predicted molar refractivity (Wildman–Crippen MR) is 120 cm³/mol. The minimum absolute atomic E-state index is 0.0824. The van der Waals surface area contributed by atoms with Crippen molar-refractivity contribution in [1.29, 1.82) is 5.26 Å². The van der Waals surface area contributed by atoms with Gasteiger partial charge in [-0.1, -0.05) is 48.5 Å². The second kappa shape index (κ2) is 8.52. The molecule has 3 aromatic carbocycles. The molecule has 0 fully saturated rings. The van der Waals surface area contributed by atoms with Crippen LogP contribution in [0.2, 0.25) is 0 Å². The Morgan fingerprint density at radius 2 is 1.76 bits per heavy atom. The molecule has 2 heterocycles. The van der Waals surface area contributed by atoms with Crippen LogP contribution >= 0.6 is 0 Å². The summed E-state index contributed by atoms with van der Waals surface area (Å²) in [5, 5.41) is 17.0. The van der Waals surface area contributed by atoms with Gasteiger partial charge in [-0.15, -0.1) is 5.10 Å². The zero-order valence-corrected chi connectivity index (χ0v) is 17.5. The molecule has 7 heteroatoms. The van der Waals surface area contributed by atoms with E-state index in [1.54, 1.807) is 18.2 Å². The van der Waals surface area contributed by atoms with Gasteiger partial charge >= 0.3 is 0 Å².